The van der Waals surface area contributed by atoms with Gasteiger partial charge in [0.1, 0.15) is 12.1 Å². The van der Waals surface area contributed by atoms with Crippen LogP contribution < -0.4 is 10.6 Å². The molecule has 2 amide bonds. The number of carbonyl (C=O) groups is 5. The van der Waals surface area contributed by atoms with Crippen LogP contribution in [0.4, 0.5) is 0 Å². The van der Waals surface area contributed by atoms with Crippen molar-refractivity contribution in [3.63, 3.8) is 0 Å². The highest BCUT2D eigenvalue weighted by Crippen LogP contribution is 2.21. The Bertz CT molecular complexity index is 780. The molecule has 0 aliphatic carbocycles. The second-order valence-corrected chi connectivity index (χ2v) is 6.84. The van der Waals surface area contributed by atoms with Gasteiger partial charge in [-0.3, -0.25) is 19.2 Å². The van der Waals surface area contributed by atoms with Crippen LogP contribution in [-0.4, -0.2) is 63.1 Å². The molecule has 0 fully saturated rings. The minimum absolute atomic E-state index is 0.159. The molecule has 1 aromatic rings. The van der Waals surface area contributed by atoms with Gasteiger partial charge in [-0.05, 0) is 5.56 Å². The van der Waals surface area contributed by atoms with Gasteiger partial charge in [0, 0.05) is 19.3 Å². The Morgan fingerprint density at radius 2 is 1.35 bits per heavy atom. The summed E-state index contributed by atoms with van der Waals surface area (Å²) in [7, 11) is 3.28. The Hall–Kier alpha value is -3.43. The van der Waals surface area contributed by atoms with E-state index < -0.39 is 53.6 Å². The molecule has 170 valence electrons. The average molecular weight is 436 g/mol. The maximum atomic E-state index is 13.0. The molecule has 0 unspecified atom stereocenters. The van der Waals surface area contributed by atoms with Crippen molar-refractivity contribution >= 4 is 29.7 Å². The van der Waals surface area contributed by atoms with Crippen LogP contribution in [-0.2, 0) is 44.6 Å². The maximum Gasteiger partial charge on any atom is 0.328 e. The molecule has 3 atom stereocenters. The van der Waals surface area contributed by atoms with Crippen molar-refractivity contribution in [1.82, 2.24) is 10.6 Å². The quantitative estimate of drug-likeness (QED) is 0.297. The standard InChI is InChI=1S/C21H28N2O8/c1-12(16(19(26)29-3)20(27)30-4)17(21(28)31-5)23-18(25)15(22-13(2)24)11-14-9-7-6-8-10-14/h6-10,12,15-17H,11H2,1-5H3,(H,22,24)(H,23,25)/t12-,15+,17-/m0/s1. The van der Waals surface area contributed by atoms with Gasteiger partial charge in [0.15, 0.2) is 5.92 Å². The molecule has 0 aromatic heterocycles. The number of nitrogens with one attached hydrogen (secondary N) is 2. The highest BCUT2D eigenvalue weighted by molar-refractivity contribution is 5.97. The van der Waals surface area contributed by atoms with Crippen LogP contribution in [0.3, 0.4) is 0 Å². The first-order valence-electron chi connectivity index (χ1n) is 9.51. The molecule has 0 bridgehead atoms. The van der Waals surface area contributed by atoms with Crippen molar-refractivity contribution in [2.75, 3.05) is 21.3 Å². The van der Waals surface area contributed by atoms with Gasteiger partial charge in [0.2, 0.25) is 11.8 Å². The zero-order valence-electron chi connectivity index (χ0n) is 18.2. The van der Waals surface area contributed by atoms with E-state index in [-0.39, 0.29) is 6.42 Å². The number of ether oxygens (including phenoxy) is 3. The average Bonchev–Trinajstić information content (AvgIpc) is 2.76. The molecule has 0 heterocycles. The molecule has 2 N–H and O–H groups in total. The molecule has 0 aliphatic rings. The first kappa shape index (κ1) is 25.6. The van der Waals surface area contributed by atoms with Gasteiger partial charge in [-0.15, -0.1) is 0 Å². The van der Waals surface area contributed by atoms with Crippen molar-refractivity contribution in [2.45, 2.75) is 32.4 Å². The third-order valence-electron chi connectivity index (χ3n) is 4.69. The first-order chi connectivity index (χ1) is 14.7. The number of methoxy groups -OCH3 is 3. The second-order valence-electron chi connectivity index (χ2n) is 6.84. The Labute approximate surface area is 180 Å². The normalized spacial score (nSPS) is 13.4. The number of hydrogen-bond acceptors (Lipinski definition) is 8. The summed E-state index contributed by atoms with van der Waals surface area (Å²) in [6.07, 6.45) is 0.159. The predicted molar refractivity (Wildman–Crippen MR) is 108 cm³/mol. The smallest absolute Gasteiger partial charge is 0.328 e. The lowest BCUT2D eigenvalue weighted by Crippen LogP contribution is -2.56. The number of hydrogen-bond donors (Lipinski definition) is 2. The summed E-state index contributed by atoms with van der Waals surface area (Å²) < 4.78 is 14.0. The van der Waals surface area contributed by atoms with E-state index in [2.05, 4.69) is 20.1 Å². The summed E-state index contributed by atoms with van der Waals surface area (Å²) in [6, 6.07) is 6.57. The van der Waals surface area contributed by atoms with Crippen molar-refractivity contribution in [2.24, 2.45) is 11.8 Å². The molecule has 1 aromatic carbocycles. The van der Waals surface area contributed by atoms with E-state index in [9.17, 15) is 24.0 Å². The molecule has 0 radical (unpaired) electrons. The van der Waals surface area contributed by atoms with Crippen molar-refractivity contribution in [3.8, 4) is 0 Å². The van der Waals surface area contributed by atoms with Crippen LogP contribution >= 0.6 is 0 Å². The minimum atomic E-state index is -1.48. The summed E-state index contributed by atoms with van der Waals surface area (Å²) in [5.74, 6) is -6.40. The number of amides is 2. The topological polar surface area (TPSA) is 137 Å². The Morgan fingerprint density at radius 1 is 0.839 bits per heavy atom. The SMILES string of the molecule is COC(=O)C(C(=O)OC)[C@H](C)[C@H](NC(=O)[C@@H](Cc1ccccc1)NC(C)=O)C(=O)OC. The lowest BCUT2D eigenvalue weighted by molar-refractivity contribution is -0.163. The fourth-order valence-electron chi connectivity index (χ4n) is 3.06. The van der Waals surface area contributed by atoms with E-state index >= 15 is 0 Å². The van der Waals surface area contributed by atoms with E-state index in [4.69, 9.17) is 4.74 Å². The largest absolute Gasteiger partial charge is 0.468 e. The fourth-order valence-corrected chi connectivity index (χ4v) is 3.06. The van der Waals surface area contributed by atoms with Gasteiger partial charge in [0.05, 0.1) is 21.3 Å². The van der Waals surface area contributed by atoms with Gasteiger partial charge >= 0.3 is 17.9 Å². The van der Waals surface area contributed by atoms with Gasteiger partial charge in [0.25, 0.3) is 0 Å². The molecule has 10 heteroatoms. The summed E-state index contributed by atoms with van der Waals surface area (Å²) in [5.41, 5.74) is 0.779. The molecule has 0 spiro atoms. The fraction of sp³-hybridized carbons (Fsp3) is 0.476. The second kappa shape index (κ2) is 12.3. The molecule has 0 aliphatic heterocycles. The number of esters is 3. The highest BCUT2D eigenvalue weighted by Gasteiger charge is 2.43. The molecule has 0 saturated heterocycles. The van der Waals surface area contributed by atoms with Crippen LogP contribution in [0.1, 0.15) is 19.4 Å². The zero-order chi connectivity index (χ0) is 23.6. The lowest BCUT2D eigenvalue weighted by atomic mass is 9.87. The third-order valence-corrected chi connectivity index (χ3v) is 4.69. The van der Waals surface area contributed by atoms with E-state index in [0.717, 1.165) is 26.9 Å². The van der Waals surface area contributed by atoms with E-state index in [0.29, 0.717) is 0 Å². The van der Waals surface area contributed by atoms with E-state index in [1.54, 1.807) is 24.3 Å². The number of carbonyl (C=O) groups excluding carboxylic acids is 5. The first-order valence-corrected chi connectivity index (χ1v) is 9.51. The van der Waals surface area contributed by atoms with Crippen LogP contribution in [0.25, 0.3) is 0 Å². The summed E-state index contributed by atoms with van der Waals surface area (Å²) in [4.78, 5) is 61.2. The Balaban J connectivity index is 3.17. The summed E-state index contributed by atoms with van der Waals surface area (Å²) >= 11 is 0. The van der Waals surface area contributed by atoms with E-state index in [1.165, 1.54) is 13.8 Å². The van der Waals surface area contributed by atoms with Crippen LogP contribution in [0.2, 0.25) is 0 Å². The summed E-state index contributed by atoms with van der Waals surface area (Å²) in [5, 5.41) is 5.03. The van der Waals surface area contributed by atoms with Crippen molar-refractivity contribution in [3.05, 3.63) is 35.9 Å². The predicted octanol–water partition coefficient (Wildman–Crippen LogP) is -0.0101. The minimum Gasteiger partial charge on any atom is -0.468 e. The van der Waals surface area contributed by atoms with E-state index in [1.807, 2.05) is 6.07 Å². The molecular weight excluding hydrogens is 408 g/mol. The molecule has 10 nitrogen and oxygen atoms in total. The van der Waals surface area contributed by atoms with Gasteiger partial charge < -0.3 is 24.8 Å². The van der Waals surface area contributed by atoms with Crippen LogP contribution in [0.15, 0.2) is 30.3 Å². The van der Waals surface area contributed by atoms with Crippen molar-refractivity contribution < 1.29 is 38.2 Å². The molecular formula is C21H28N2O8. The zero-order valence-corrected chi connectivity index (χ0v) is 18.2. The van der Waals surface area contributed by atoms with Gasteiger partial charge in [-0.25, -0.2) is 4.79 Å². The molecule has 1 rings (SSSR count). The highest BCUT2D eigenvalue weighted by atomic mass is 16.5. The Kier molecular flexibility index (Phi) is 10.2. The van der Waals surface area contributed by atoms with Gasteiger partial charge in [-0.1, -0.05) is 37.3 Å². The molecule has 31 heavy (non-hydrogen) atoms. The summed E-state index contributed by atoms with van der Waals surface area (Å²) in [6.45, 7) is 2.67. The van der Waals surface area contributed by atoms with Crippen molar-refractivity contribution in [1.29, 1.82) is 0 Å². The third kappa shape index (κ3) is 7.40. The van der Waals surface area contributed by atoms with Gasteiger partial charge in [-0.2, -0.15) is 0 Å². The molecule has 0 saturated carbocycles. The number of rotatable bonds is 10. The Morgan fingerprint density at radius 3 is 1.81 bits per heavy atom. The van der Waals surface area contributed by atoms with Crippen LogP contribution in [0.5, 0.6) is 0 Å². The lowest BCUT2D eigenvalue weighted by Gasteiger charge is -2.28. The number of benzene rings is 1. The van der Waals surface area contributed by atoms with Crippen LogP contribution in [0, 0.1) is 11.8 Å². The monoisotopic (exact) mass is 436 g/mol. The maximum absolute atomic E-state index is 13.0.